The van der Waals surface area contributed by atoms with Gasteiger partial charge in [0.2, 0.25) is 0 Å². The predicted octanol–water partition coefficient (Wildman–Crippen LogP) is 3.18. The van der Waals surface area contributed by atoms with Crippen molar-refractivity contribution in [3.8, 4) is 0 Å². The van der Waals surface area contributed by atoms with Crippen LogP contribution in [0.15, 0.2) is 30.5 Å². The zero-order valence-electron chi connectivity index (χ0n) is 11.1. The van der Waals surface area contributed by atoms with Crippen LogP contribution in [0.2, 0.25) is 5.02 Å². The van der Waals surface area contributed by atoms with E-state index in [1.54, 1.807) is 0 Å². The average molecular weight is 276 g/mol. The monoisotopic (exact) mass is 275 g/mol. The Balaban J connectivity index is 1.88. The van der Waals surface area contributed by atoms with Gasteiger partial charge in [-0.15, -0.1) is 0 Å². The van der Waals surface area contributed by atoms with Crippen LogP contribution in [0.3, 0.4) is 0 Å². The highest BCUT2D eigenvalue weighted by Gasteiger charge is 2.22. The van der Waals surface area contributed by atoms with E-state index in [0.29, 0.717) is 6.04 Å². The van der Waals surface area contributed by atoms with Crippen molar-refractivity contribution in [2.24, 2.45) is 0 Å². The van der Waals surface area contributed by atoms with Crippen LogP contribution >= 0.6 is 11.6 Å². The molecule has 0 aliphatic heterocycles. The van der Waals surface area contributed by atoms with Crippen LogP contribution in [0.1, 0.15) is 35.7 Å². The third-order valence-electron chi connectivity index (χ3n) is 3.83. The van der Waals surface area contributed by atoms with Crippen molar-refractivity contribution in [2.75, 3.05) is 7.05 Å². The van der Waals surface area contributed by atoms with Gasteiger partial charge in [0.25, 0.3) is 0 Å². The number of hydrogen-bond acceptors (Lipinski definition) is 2. The lowest BCUT2D eigenvalue weighted by atomic mass is 9.93. The fourth-order valence-electron chi connectivity index (χ4n) is 2.86. The summed E-state index contributed by atoms with van der Waals surface area (Å²) in [5.41, 5.74) is 3.92. The van der Waals surface area contributed by atoms with E-state index in [-0.39, 0.29) is 0 Å². The first-order valence-electron chi connectivity index (χ1n) is 6.74. The Morgan fingerprint density at radius 1 is 1.47 bits per heavy atom. The third kappa shape index (κ3) is 2.53. The minimum atomic E-state index is 0.455. The van der Waals surface area contributed by atoms with Gasteiger partial charge in [0.05, 0.1) is 12.7 Å². The van der Waals surface area contributed by atoms with E-state index in [1.165, 1.54) is 29.7 Å². The summed E-state index contributed by atoms with van der Waals surface area (Å²) in [6.07, 6.45) is 5.56. The second-order valence-corrected chi connectivity index (χ2v) is 5.50. The number of rotatable bonds is 3. The van der Waals surface area contributed by atoms with Gasteiger partial charge in [-0.05, 0) is 44.0 Å². The molecule has 1 heterocycles. The molecule has 1 atom stereocenters. The molecule has 1 aliphatic rings. The smallest absolute Gasteiger partial charge is 0.0663 e. The quantitative estimate of drug-likeness (QED) is 0.932. The van der Waals surface area contributed by atoms with Crippen LogP contribution in [0.25, 0.3) is 0 Å². The first-order chi connectivity index (χ1) is 9.28. The minimum absolute atomic E-state index is 0.455. The Kier molecular flexibility index (Phi) is 3.58. The first-order valence-corrected chi connectivity index (χ1v) is 7.12. The van der Waals surface area contributed by atoms with Gasteiger partial charge in [0.15, 0.2) is 0 Å². The van der Waals surface area contributed by atoms with Crippen molar-refractivity contribution in [3.05, 3.63) is 52.3 Å². The van der Waals surface area contributed by atoms with Crippen LogP contribution in [0.4, 0.5) is 0 Å². The lowest BCUT2D eigenvalue weighted by Gasteiger charge is -2.22. The van der Waals surface area contributed by atoms with E-state index in [4.69, 9.17) is 11.6 Å². The van der Waals surface area contributed by atoms with E-state index >= 15 is 0 Å². The lowest BCUT2D eigenvalue weighted by molar-refractivity contribution is 0.481. The number of hydrogen-bond donors (Lipinski definition) is 1. The molecular formula is C15H18ClN3. The molecule has 0 spiro atoms. The largest absolute Gasteiger partial charge is 0.313 e. The van der Waals surface area contributed by atoms with Crippen LogP contribution in [0.5, 0.6) is 0 Å². The summed E-state index contributed by atoms with van der Waals surface area (Å²) < 4.78 is 2.12. The van der Waals surface area contributed by atoms with Gasteiger partial charge in [-0.3, -0.25) is 4.68 Å². The molecule has 3 rings (SSSR count). The topological polar surface area (TPSA) is 29.9 Å². The molecule has 100 valence electrons. The lowest BCUT2D eigenvalue weighted by Crippen LogP contribution is -2.22. The van der Waals surface area contributed by atoms with Crippen molar-refractivity contribution < 1.29 is 0 Å². The molecule has 1 aromatic carbocycles. The summed E-state index contributed by atoms with van der Waals surface area (Å²) in [6, 6.07) is 8.45. The molecule has 1 N–H and O–H groups in total. The van der Waals surface area contributed by atoms with E-state index in [1.807, 2.05) is 31.4 Å². The molecule has 0 bridgehead atoms. The van der Waals surface area contributed by atoms with Crippen molar-refractivity contribution in [1.82, 2.24) is 15.1 Å². The van der Waals surface area contributed by atoms with E-state index < -0.39 is 0 Å². The van der Waals surface area contributed by atoms with Crippen LogP contribution in [-0.2, 0) is 13.0 Å². The molecule has 0 amide bonds. The second-order valence-electron chi connectivity index (χ2n) is 5.07. The van der Waals surface area contributed by atoms with Crippen molar-refractivity contribution in [3.63, 3.8) is 0 Å². The van der Waals surface area contributed by atoms with Crippen molar-refractivity contribution in [2.45, 2.75) is 31.8 Å². The molecule has 0 saturated heterocycles. The Bertz CT molecular complexity index is 577. The third-order valence-corrected chi connectivity index (χ3v) is 4.07. The Hall–Kier alpha value is -1.32. The van der Waals surface area contributed by atoms with Crippen LogP contribution in [-0.4, -0.2) is 16.8 Å². The number of benzene rings is 1. The molecule has 0 fully saturated rings. The van der Waals surface area contributed by atoms with E-state index in [9.17, 15) is 0 Å². The molecule has 3 nitrogen and oxygen atoms in total. The minimum Gasteiger partial charge on any atom is -0.313 e. The Morgan fingerprint density at radius 3 is 3.16 bits per heavy atom. The summed E-state index contributed by atoms with van der Waals surface area (Å²) in [7, 11) is 2.02. The summed E-state index contributed by atoms with van der Waals surface area (Å²) in [5, 5.41) is 8.71. The highest BCUT2D eigenvalue weighted by molar-refractivity contribution is 6.30. The SMILES string of the molecule is CNC1CCCc2c1cnn2Cc1cccc(Cl)c1. The molecule has 4 heteroatoms. The molecule has 2 aromatic rings. The summed E-state index contributed by atoms with van der Waals surface area (Å²) in [4.78, 5) is 0. The molecule has 1 unspecified atom stereocenters. The zero-order valence-corrected chi connectivity index (χ0v) is 11.8. The maximum atomic E-state index is 6.03. The van der Waals surface area contributed by atoms with Gasteiger partial charge in [-0.25, -0.2) is 0 Å². The van der Waals surface area contributed by atoms with Gasteiger partial charge in [-0.2, -0.15) is 5.10 Å². The molecule has 1 aromatic heterocycles. The predicted molar refractivity (Wildman–Crippen MR) is 77.5 cm³/mol. The van der Waals surface area contributed by atoms with E-state index in [2.05, 4.69) is 21.2 Å². The molecular weight excluding hydrogens is 258 g/mol. The Labute approximate surface area is 118 Å². The van der Waals surface area contributed by atoms with E-state index in [0.717, 1.165) is 18.0 Å². The number of fused-ring (bicyclic) bond motifs is 1. The number of nitrogens with one attached hydrogen (secondary N) is 1. The van der Waals surface area contributed by atoms with Crippen LogP contribution in [0, 0.1) is 0 Å². The standard InChI is InChI=1S/C15H18ClN3/c1-17-14-6-3-7-15-13(14)9-18-19(15)10-11-4-2-5-12(16)8-11/h2,4-5,8-9,14,17H,3,6-7,10H2,1H3. The molecule has 0 radical (unpaired) electrons. The summed E-state index contributed by atoms with van der Waals surface area (Å²) in [6.45, 7) is 0.798. The van der Waals surface area contributed by atoms with Crippen molar-refractivity contribution in [1.29, 1.82) is 0 Å². The molecule has 1 aliphatic carbocycles. The molecule has 19 heavy (non-hydrogen) atoms. The number of halogens is 1. The van der Waals surface area contributed by atoms with Crippen molar-refractivity contribution >= 4 is 11.6 Å². The second kappa shape index (κ2) is 5.35. The van der Waals surface area contributed by atoms with Gasteiger partial charge in [0.1, 0.15) is 0 Å². The normalized spacial score (nSPS) is 18.3. The molecule has 0 saturated carbocycles. The zero-order chi connectivity index (χ0) is 13.2. The highest BCUT2D eigenvalue weighted by atomic mass is 35.5. The van der Waals surface area contributed by atoms with Gasteiger partial charge in [0, 0.05) is 22.3 Å². The maximum Gasteiger partial charge on any atom is 0.0663 e. The number of nitrogens with zero attached hydrogens (tertiary/aromatic N) is 2. The summed E-state index contributed by atoms with van der Waals surface area (Å²) in [5.74, 6) is 0. The highest BCUT2D eigenvalue weighted by Crippen LogP contribution is 2.29. The first kappa shape index (κ1) is 12.7. The van der Waals surface area contributed by atoms with Gasteiger partial charge >= 0.3 is 0 Å². The fourth-order valence-corrected chi connectivity index (χ4v) is 3.08. The number of aromatic nitrogens is 2. The maximum absolute atomic E-state index is 6.03. The Morgan fingerprint density at radius 2 is 2.37 bits per heavy atom. The van der Waals surface area contributed by atoms with Crippen LogP contribution < -0.4 is 5.32 Å². The average Bonchev–Trinajstić information content (AvgIpc) is 2.82. The van der Waals surface area contributed by atoms with Gasteiger partial charge < -0.3 is 5.32 Å². The summed E-state index contributed by atoms with van der Waals surface area (Å²) >= 11 is 6.03. The fraction of sp³-hybridized carbons (Fsp3) is 0.400. The van der Waals surface area contributed by atoms with Gasteiger partial charge in [-0.1, -0.05) is 23.7 Å².